The van der Waals surface area contributed by atoms with E-state index in [-0.39, 0.29) is 0 Å². The Balaban J connectivity index is 2.20. The van der Waals surface area contributed by atoms with Gasteiger partial charge in [-0.15, -0.1) is 0 Å². The van der Waals surface area contributed by atoms with E-state index in [4.69, 9.17) is 11.6 Å². The van der Waals surface area contributed by atoms with Crippen LogP contribution in [0.15, 0.2) is 24.3 Å². The average Bonchev–Trinajstić information content (AvgIpc) is 2.43. The van der Waals surface area contributed by atoms with Gasteiger partial charge >= 0.3 is 0 Å². The van der Waals surface area contributed by atoms with Gasteiger partial charge in [0.25, 0.3) is 0 Å². The van der Waals surface area contributed by atoms with E-state index in [1.807, 2.05) is 18.2 Å². The molecule has 2 nitrogen and oxygen atoms in total. The molecule has 3 heteroatoms. The first-order chi connectivity index (χ1) is 7.27. The molecule has 1 fully saturated rings. The molecule has 82 valence electrons. The molecule has 1 saturated heterocycles. The molecule has 0 amide bonds. The van der Waals surface area contributed by atoms with Crippen molar-refractivity contribution in [2.45, 2.75) is 19.4 Å². The Morgan fingerprint density at radius 3 is 3.07 bits per heavy atom. The molecule has 1 unspecified atom stereocenters. The third-order valence-corrected chi connectivity index (χ3v) is 3.18. The number of benzene rings is 1. The van der Waals surface area contributed by atoms with Crippen LogP contribution in [0.2, 0.25) is 5.02 Å². The standard InChI is InChI=1S/C12H17ClN2/c1-10-5-6-14-7-8-15(10)12-4-2-3-11(13)9-12/h2-4,9-10,14H,5-8H2,1H3. The molecular formula is C12H17ClN2. The summed E-state index contributed by atoms with van der Waals surface area (Å²) in [6, 6.07) is 8.70. The van der Waals surface area contributed by atoms with Crippen molar-refractivity contribution in [1.29, 1.82) is 0 Å². The summed E-state index contributed by atoms with van der Waals surface area (Å²) in [5.41, 5.74) is 1.23. The van der Waals surface area contributed by atoms with Gasteiger partial charge in [0.1, 0.15) is 0 Å². The van der Waals surface area contributed by atoms with Crippen LogP contribution in [0, 0.1) is 0 Å². The highest BCUT2D eigenvalue weighted by molar-refractivity contribution is 6.30. The van der Waals surface area contributed by atoms with E-state index < -0.39 is 0 Å². The summed E-state index contributed by atoms with van der Waals surface area (Å²) in [4.78, 5) is 2.42. The lowest BCUT2D eigenvalue weighted by Crippen LogP contribution is -2.34. The Hall–Kier alpha value is -0.730. The van der Waals surface area contributed by atoms with Crippen LogP contribution in [0.5, 0.6) is 0 Å². The lowest BCUT2D eigenvalue weighted by Gasteiger charge is -2.29. The van der Waals surface area contributed by atoms with Gasteiger partial charge in [0.05, 0.1) is 0 Å². The van der Waals surface area contributed by atoms with Gasteiger partial charge in [-0.1, -0.05) is 17.7 Å². The summed E-state index contributed by atoms with van der Waals surface area (Å²) in [5, 5.41) is 4.23. The van der Waals surface area contributed by atoms with Gasteiger partial charge in [-0.3, -0.25) is 0 Å². The zero-order valence-corrected chi connectivity index (χ0v) is 9.80. The molecular weight excluding hydrogens is 208 g/mol. The Bertz CT molecular complexity index is 327. The minimum Gasteiger partial charge on any atom is -0.367 e. The van der Waals surface area contributed by atoms with E-state index in [1.165, 1.54) is 12.1 Å². The van der Waals surface area contributed by atoms with Crippen LogP contribution in [-0.4, -0.2) is 25.7 Å². The smallest absolute Gasteiger partial charge is 0.0426 e. The third kappa shape index (κ3) is 2.64. The highest BCUT2D eigenvalue weighted by Crippen LogP contribution is 2.22. The molecule has 0 saturated carbocycles. The first-order valence-corrected chi connectivity index (χ1v) is 5.88. The first kappa shape index (κ1) is 10.8. The maximum absolute atomic E-state index is 6.01. The Labute approximate surface area is 96.2 Å². The van der Waals surface area contributed by atoms with Gasteiger partial charge in [-0.05, 0) is 38.1 Å². The number of halogens is 1. The van der Waals surface area contributed by atoms with E-state index in [0.29, 0.717) is 6.04 Å². The molecule has 15 heavy (non-hydrogen) atoms. The van der Waals surface area contributed by atoms with Crippen LogP contribution in [0.3, 0.4) is 0 Å². The molecule has 0 spiro atoms. The first-order valence-electron chi connectivity index (χ1n) is 5.50. The van der Waals surface area contributed by atoms with Crippen molar-refractivity contribution < 1.29 is 0 Å². The van der Waals surface area contributed by atoms with Crippen molar-refractivity contribution in [3.8, 4) is 0 Å². The van der Waals surface area contributed by atoms with Crippen molar-refractivity contribution in [3.63, 3.8) is 0 Å². The zero-order chi connectivity index (χ0) is 10.7. The third-order valence-electron chi connectivity index (χ3n) is 2.94. The topological polar surface area (TPSA) is 15.3 Å². The van der Waals surface area contributed by atoms with Crippen molar-refractivity contribution in [1.82, 2.24) is 5.32 Å². The highest BCUT2D eigenvalue weighted by Gasteiger charge is 2.16. The Morgan fingerprint density at radius 2 is 2.27 bits per heavy atom. The van der Waals surface area contributed by atoms with Crippen LogP contribution in [-0.2, 0) is 0 Å². The number of anilines is 1. The van der Waals surface area contributed by atoms with Crippen LogP contribution in [0.4, 0.5) is 5.69 Å². The second-order valence-corrected chi connectivity index (χ2v) is 4.50. The van der Waals surface area contributed by atoms with Crippen LogP contribution in [0.1, 0.15) is 13.3 Å². The second kappa shape index (κ2) is 4.86. The molecule has 1 heterocycles. The monoisotopic (exact) mass is 224 g/mol. The van der Waals surface area contributed by atoms with Gasteiger partial charge in [-0.25, -0.2) is 0 Å². The van der Waals surface area contributed by atoms with E-state index in [2.05, 4.69) is 23.2 Å². The molecule has 1 N–H and O–H groups in total. The van der Waals surface area contributed by atoms with Crippen molar-refractivity contribution in [2.75, 3.05) is 24.5 Å². The number of nitrogens with zero attached hydrogens (tertiary/aromatic N) is 1. The van der Waals surface area contributed by atoms with Crippen LogP contribution >= 0.6 is 11.6 Å². The number of rotatable bonds is 1. The molecule has 1 aromatic rings. The van der Waals surface area contributed by atoms with Gasteiger partial charge < -0.3 is 10.2 Å². The number of hydrogen-bond donors (Lipinski definition) is 1. The maximum atomic E-state index is 6.01. The fourth-order valence-electron chi connectivity index (χ4n) is 2.05. The second-order valence-electron chi connectivity index (χ2n) is 4.06. The quantitative estimate of drug-likeness (QED) is 0.789. The summed E-state index contributed by atoms with van der Waals surface area (Å²) in [7, 11) is 0. The van der Waals surface area contributed by atoms with Gasteiger partial charge in [0, 0.05) is 29.8 Å². The zero-order valence-electron chi connectivity index (χ0n) is 9.04. The molecule has 0 radical (unpaired) electrons. The summed E-state index contributed by atoms with van der Waals surface area (Å²) < 4.78 is 0. The largest absolute Gasteiger partial charge is 0.367 e. The lowest BCUT2D eigenvalue weighted by molar-refractivity contribution is 0.631. The minimum atomic E-state index is 0.582. The summed E-state index contributed by atoms with van der Waals surface area (Å²) in [5.74, 6) is 0. The molecule has 0 bridgehead atoms. The van der Waals surface area contributed by atoms with Gasteiger partial charge in [-0.2, -0.15) is 0 Å². The fourth-order valence-corrected chi connectivity index (χ4v) is 2.23. The van der Waals surface area contributed by atoms with E-state index in [1.54, 1.807) is 0 Å². The maximum Gasteiger partial charge on any atom is 0.0426 e. The van der Waals surface area contributed by atoms with Gasteiger partial charge in [0.2, 0.25) is 0 Å². The molecule has 1 atom stereocenters. The molecule has 1 aromatic carbocycles. The number of hydrogen-bond acceptors (Lipinski definition) is 2. The van der Waals surface area contributed by atoms with Crippen LogP contribution in [0.25, 0.3) is 0 Å². The number of nitrogens with one attached hydrogen (secondary N) is 1. The van der Waals surface area contributed by atoms with Gasteiger partial charge in [0.15, 0.2) is 0 Å². The minimum absolute atomic E-state index is 0.582. The summed E-state index contributed by atoms with van der Waals surface area (Å²) in [6.07, 6.45) is 1.19. The van der Waals surface area contributed by atoms with Crippen molar-refractivity contribution in [2.24, 2.45) is 0 Å². The lowest BCUT2D eigenvalue weighted by atomic mass is 10.2. The molecule has 0 aromatic heterocycles. The molecule has 1 aliphatic rings. The van der Waals surface area contributed by atoms with E-state index >= 15 is 0 Å². The van der Waals surface area contributed by atoms with E-state index in [0.717, 1.165) is 24.7 Å². The molecule has 0 aliphatic carbocycles. The predicted molar refractivity (Wildman–Crippen MR) is 65.7 cm³/mol. The van der Waals surface area contributed by atoms with E-state index in [9.17, 15) is 0 Å². The Morgan fingerprint density at radius 1 is 1.40 bits per heavy atom. The predicted octanol–water partition coefficient (Wildman–Crippen LogP) is 2.53. The van der Waals surface area contributed by atoms with Crippen molar-refractivity contribution in [3.05, 3.63) is 29.3 Å². The van der Waals surface area contributed by atoms with Crippen molar-refractivity contribution >= 4 is 17.3 Å². The fraction of sp³-hybridized carbons (Fsp3) is 0.500. The Kier molecular flexibility index (Phi) is 3.49. The SMILES string of the molecule is CC1CCNCCN1c1cccc(Cl)c1. The molecule has 1 aliphatic heterocycles. The molecule has 2 rings (SSSR count). The summed E-state index contributed by atoms with van der Waals surface area (Å²) in [6.45, 7) is 5.49. The normalized spacial score (nSPS) is 22.5. The van der Waals surface area contributed by atoms with Crippen LogP contribution < -0.4 is 10.2 Å². The average molecular weight is 225 g/mol. The summed E-state index contributed by atoms with van der Waals surface area (Å²) >= 11 is 6.01. The highest BCUT2D eigenvalue weighted by atomic mass is 35.5.